The number of para-hydroxylation sites is 1. The van der Waals surface area contributed by atoms with Crippen molar-refractivity contribution >= 4 is 5.69 Å². The highest BCUT2D eigenvalue weighted by Gasteiger charge is 2.24. The van der Waals surface area contributed by atoms with E-state index in [0.717, 1.165) is 43.0 Å². The summed E-state index contributed by atoms with van der Waals surface area (Å²) >= 11 is 0. The van der Waals surface area contributed by atoms with Crippen LogP contribution in [0.1, 0.15) is 23.1 Å². The number of hydrogen-bond donors (Lipinski definition) is 2. The number of aromatic nitrogens is 2. The molecule has 7 nitrogen and oxygen atoms in total. The number of methoxy groups -OCH3 is 1. The van der Waals surface area contributed by atoms with E-state index < -0.39 is 6.10 Å². The summed E-state index contributed by atoms with van der Waals surface area (Å²) in [6.07, 6.45) is 2.78. The lowest BCUT2D eigenvalue weighted by atomic mass is 10.0. The molecule has 0 saturated carbocycles. The van der Waals surface area contributed by atoms with Gasteiger partial charge >= 0.3 is 0 Å². The summed E-state index contributed by atoms with van der Waals surface area (Å²) in [4.78, 5) is 8.95. The van der Waals surface area contributed by atoms with Crippen molar-refractivity contribution in [1.82, 2.24) is 14.5 Å². The summed E-state index contributed by atoms with van der Waals surface area (Å²) in [6, 6.07) is 13.4. The molecule has 0 spiro atoms. The molecule has 0 amide bonds. The third kappa shape index (κ3) is 4.13. The number of aliphatic hydroxyl groups is 1. The number of imidazole rings is 1. The molecular formula is C23H28N4O3. The normalized spacial score (nSPS) is 15.9. The fourth-order valence-electron chi connectivity index (χ4n) is 3.98. The van der Waals surface area contributed by atoms with Crippen molar-refractivity contribution in [2.75, 3.05) is 38.2 Å². The summed E-state index contributed by atoms with van der Waals surface area (Å²) in [6.45, 7) is 4.14. The van der Waals surface area contributed by atoms with Gasteiger partial charge in [-0.25, -0.2) is 4.98 Å². The second kappa shape index (κ2) is 8.77. The summed E-state index contributed by atoms with van der Waals surface area (Å²) in [5.74, 6) is 1.56. The maximum Gasteiger partial charge on any atom is 0.142 e. The maximum atomic E-state index is 10.9. The van der Waals surface area contributed by atoms with Gasteiger partial charge in [-0.1, -0.05) is 24.3 Å². The first kappa shape index (κ1) is 20.3. The number of hydrogen-bond acceptors (Lipinski definition) is 6. The van der Waals surface area contributed by atoms with E-state index >= 15 is 0 Å². The predicted molar refractivity (Wildman–Crippen MR) is 116 cm³/mol. The molecule has 7 heteroatoms. The van der Waals surface area contributed by atoms with Gasteiger partial charge < -0.3 is 24.4 Å². The molecule has 2 N–H and O–H groups in total. The third-order valence-electron chi connectivity index (χ3n) is 5.73. The van der Waals surface area contributed by atoms with Gasteiger partial charge in [0.2, 0.25) is 0 Å². The van der Waals surface area contributed by atoms with Gasteiger partial charge in [-0.05, 0) is 12.1 Å². The highest BCUT2D eigenvalue weighted by atomic mass is 16.5. The zero-order valence-electron chi connectivity index (χ0n) is 17.4. The minimum absolute atomic E-state index is 0.264. The van der Waals surface area contributed by atoms with Crippen LogP contribution in [0.15, 0.2) is 54.9 Å². The van der Waals surface area contributed by atoms with Gasteiger partial charge in [0, 0.05) is 75.0 Å². The van der Waals surface area contributed by atoms with Gasteiger partial charge in [-0.15, -0.1) is 0 Å². The molecule has 1 aliphatic heterocycles. The van der Waals surface area contributed by atoms with E-state index in [2.05, 4.69) is 20.9 Å². The zero-order valence-corrected chi connectivity index (χ0v) is 17.4. The van der Waals surface area contributed by atoms with Gasteiger partial charge in [0.25, 0.3) is 0 Å². The minimum Gasteiger partial charge on any atom is -0.507 e. The second-order valence-corrected chi connectivity index (χ2v) is 7.62. The van der Waals surface area contributed by atoms with Crippen molar-refractivity contribution in [3.63, 3.8) is 0 Å². The minimum atomic E-state index is -0.768. The molecule has 1 saturated heterocycles. The van der Waals surface area contributed by atoms with Crippen molar-refractivity contribution in [3.05, 3.63) is 71.8 Å². The number of phenolic OH excluding ortho intramolecular Hbond substituents is 1. The van der Waals surface area contributed by atoms with Crippen LogP contribution in [0, 0.1) is 0 Å². The van der Waals surface area contributed by atoms with Crippen LogP contribution in [0.2, 0.25) is 0 Å². The molecule has 2 aromatic carbocycles. The Kier molecular flexibility index (Phi) is 5.92. The maximum absolute atomic E-state index is 10.9. The molecule has 0 aliphatic carbocycles. The van der Waals surface area contributed by atoms with E-state index in [9.17, 15) is 10.2 Å². The number of aliphatic hydroxyl groups excluding tert-OH is 1. The van der Waals surface area contributed by atoms with Gasteiger partial charge in [0.15, 0.2) is 0 Å². The number of benzene rings is 2. The van der Waals surface area contributed by atoms with E-state index in [0.29, 0.717) is 18.1 Å². The average Bonchev–Trinajstić information content (AvgIpc) is 3.21. The van der Waals surface area contributed by atoms with Crippen LogP contribution >= 0.6 is 0 Å². The number of anilines is 1. The molecule has 1 aromatic heterocycles. The van der Waals surface area contributed by atoms with Gasteiger partial charge in [0.05, 0.1) is 7.11 Å². The summed E-state index contributed by atoms with van der Waals surface area (Å²) in [7, 11) is 3.48. The van der Waals surface area contributed by atoms with Crippen LogP contribution < -0.4 is 9.64 Å². The molecule has 3 aromatic rings. The first-order valence-corrected chi connectivity index (χ1v) is 10.1. The highest BCUT2D eigenvalue weighted by Crippen LogP contribution is 2.31. The van der Waals surface area contributed by atoms with Crippen molar-refractivity contribution in [1.29, 1.82) is 0 Å². The van der Waals surface area contributed by atoms with Crippen molar-refractivity contribution in [2.24, 2.45) is 7.05 Å². The number of aryl methyl sites for hydroxylation is 1. The Morgan fingerprint density at radius 2 is 1.87 bits per heavy atom. The van der Waals surface area contributed by atoms with Crippen LogP contribution in [0.5, 0.6) is 11.5 Å². The Labute approximate surface area is 176 Å². The van der Waals surface area contributed by atoms with Crippen LogP contribution in [-0.4, -0.2) is 58.0 Å². The molecule has 1 fully saturated rings. The SMILES string of the molecule is COc1ccc(CN2CCN(c3ccccc3[C@@H](O)c3nccn3C)CC2)c(O)c1. The largest absolute Gasteiger partial charge is 0.507 e. The Morgan fingerprint density at radius 1 is 1.10 bits per heavy atom. The molecule has 0 radical (unpaired) electrons. The number of ether oxygens (including phenoxy) is 1. The number of rotatable bonds is 6. The summed E-state index contributed by atoms with van der Waals surface area (Å²) < 4.78 is 7.01. The fourth-order valence-corrected chi connectivity index (χ4v) is 3.98. The van der Waals surface area contributed by atoms with E-state index in [-0.39, 0.29) is 5.75 Å². The molecule has 2 heterocycles. The fraction of sp³-hybridized carbons (Fsp3) is 0.348. The molecule has 1 aliphatic rings. The van der Waals surface area contributed by atoms with Crippen molar-refractivity contribution < 1.29 is 14.9 Å². The van der Waals surface area contributed by atoms with E-state index in [1.165, 1.54) is 0 Å². The van der Waals surface area contributed by atoms with Crippen LogP contribution in [0.25, 0.3) is 0 Å². The molecular weight excluding hydrogens is 380 g/mol. The third-order valence-corrected chi connectivity index (χ3v) is 5.73. The molecule has 30 heavy (non-hydrogen) atoms. The van der Waals surface area contributed by atoms with Crippen LogP contribution in [-0.2, 0) is 13.6 Å². The van der Waals surface area contributed by atoms with Gasteiger partial charge in [-0.3, -0.25) is 4.90 Å². The molecule has 158 valence electrons. The van der Waals surface area contributed by atoms with Crippen molar-refractivity contribution in [2.45, 2.75) is 12.6 Å². The Morgan fingerprint density at radius 3 is 2.53 bits per heavy atom. The zero-order chi connectivity index (χ0) is 21.1. The lowest BCUT2D eigenvalue weighted by molar-refractivity contribution is 0.205. The van der Waals surface area contributed by atoms with E-state index in [1.807, 2.05) is 48.1 Å². The Bertz CT molecular complexity index is 996. The topological polar surface area (TPSA) is 74.0 Å². The Hall–Kier alpha value is -3.03. The molecule has 0 bridgehead atoms. The number of aromatic hydroxyl groups is 1. The highest BCUT2D eigenvalue weighted by molar-refractivity contribution is 5.56. The first-order valence-electron chi connectivity index (χ1n) is 10.1. The summed E-state index contributed by atoms with van der Waals surface area (Å²) in [5.41, 5.74) is 2.81. The second-order valence-electron chi connectivity index (χ2n) is 7.62. The van der Waals surface area contributed by atoms with Crippen LogP contribution in [0.4, 0.5) is 5.69 Å². The predicted octanol–water partition coefficient (Wildman–Crippen LogP) is 2.54. The Balaban J connectivity index is 1.44. The smallest absolute Gasteiger partial charge is 0.142 e. The number of piperazine rings is 1. The standard InChI is InChI=1S/C23H28N4O3/c1-25-10-9-24-23(25)22(29)19-5-3-4-6-20(19)27-13-11-26(12-14-27)16-17-7-8-18(30-2)15-21(17)28/h3-10,15,22,28-29H,11-14,16H2,1-2H3/t22-/m1/s1. The van der Waals surface area contributed by atoms with E-state index in [4.69, 9.17) is 4.74 Å². The molecule has 4 rings (SSSR count). The lowest BCUT2D eigenvalue weighted by Crippen LogP contribution is -2.46. The molecule has 1 atom stereocenters. The number of phenols is 1. The quantitative estimate of drug-likeness (QED) is 0.653. The van der Waals surface area contributed by atoms with Crippen molar-refractivity contribution in [3.8, 4) is 11.5 Å². The first-order chi connectivity index (χ1) is 14.6. The summed E-state index contributed by atoms with van der Waals surface area (Å²) in [5, 5.41) is 21.2. The monoisotopic (exact) mass is 408 g/mol. The molecule has 0 unspecified atom stereocenters. The van der Waals surface area contributed by atoms with Crippen LogP contribution in [0.3, 0.4) is 0 Å². The number of nitrogens with zero attached hydrogens (tertiary/aromatic N) is 4. The van der Waals surface area contributed by atoms with Gasteiger partial charge in [-0.2, -0.15) is 0 Å². The van der Waals surface area contributed by atoms with E-state index in [1.54, 1.807) is 19.4 Å². The average molecular weight is 409 g/mol. The van der Waals surface area contributed by atoms with Gasteiger partial charge in [0.1, 0.15) is 23.4 Å². The lowest BCUT2D eigenvalue weighted by Gasteiger charge is -2.37.